The van der Waals surface area contributed by atoms with Gasteiger partial charge in [0, 0.05) is 25.9 Å². The zero-order chi connectivity index (χ0) is 16.0. The number of nitrogens with zero attached hydrogens (tertiary/aromatic N) is 1. The third-order valence-electron chi connectivity index (χ3n) is 2.87. The van der Waals surface area contributed by atoms with Crippen LogP contribution in [0.25, 0.3) is 0 Å². The lowest BCUT2D eigenvalue weighted by Crippen LogP contribution is -2.36. The van der Waals surface area contributed by atoms with Crippen molar-refractivity contribution in [1.82, 2.24) is 4.31 Å². The summed E-state index contributed by atoms with van der Waals surface area (Å²) in [4.78, 5) is 21.8. The molecule has 7 nitrogen and oxygen atoms in total. The standard InChI is InChI=1S/C13H19N3O4S/c1-10-2-4-11(5-3-10)21(19,20)16(8-6-12(14)17)9-7-13(15)18/h2-5H,6-9H2,1H3,(H2,14,17)(H2,15,18). The molecule has 0 heterocycles. The van der Waals surface area contributed by atoms with E-state index in [0.717, 1.165) is 9.87 Å². The van der Waals surface area contributed by atoms with E-state index in [-0.39, 0.29) is 30.8 Å². The van der Waals surface area contributed by atoms with Crippen molar-refractivity contribution in [3.8, 4) is 0 Å². The number of rotatable bonds is 8. The summed E-state index contributed by atoms with van der Waals surface area (Å²) in [6.45, 7) is 1.67. The normalized spacial score (nSPS) is 11.5. The lowest BCUT2D eigenvalue weighted by molar-refractivity contribution is -0.118. The summed E-state index contributed by atoms with van der Waals surface area (Å²) in [7, 11) is -3.79. The fourth-order valence-electron chi connectivity index (χ4n) is 1.68. The Bertz CT molecular complexity index is 593. The second kappa shape index (κ2) is 7.19. The van der Waals surface area contributed by atoms with E-state index < -0.39 is 21.8 Å². The van der Waals surface area contributed by atoms with Crippen molar-refractivity contribution in [2.24, 2.45) is 11.5 Å². The summed E-state index contributed by atoms with van der Waals surface area (Å²) in [6.07, 6.45) is -0.242. The molecular weight excluding hydrogens is 294 g/mol. The molecular formula is C13H19N3O4S. The quantitative estimate of drug-likeness (QED) is 0.686. The van der Waals surface area contributed by atoms with Crippen molar-refractivity contribution < 1.29 is 18.0 Å². The van der Waals surface area contributed by atoms with E-state index in [2.05, 4.69) is 0 Å². The van der Waals surface area contributed by atoms with Gasteiger partial charge in [0.15, 0.2) is 0 Å². The van der Waals surface area contributed by atoms with E-state index in [9.17, 15) is 18.0 Å². The number of sulfonamides is 1. The van der Waals surface area contributed by atoms with Gasteiger partial charge in [0.2, 0.25) is 21.8 Å². The lowest BCUT2D eigenvalue weighted by atomic mass is 10.2. The number of hydrogen-bond donors (Lipinski definition) is 2. The first-order chi connectivity index (χ1) is 9.73. The van der Waals surface area contributed by atoms with Crippen molar-refractivity contribution in [1.29, 1.82) is 0 Å². The van der Waals surface area contributed by atoms with Crippen molar-refractivity contribution in [2.75, 3.05) is 13.1 Å². The predicted octanol–water partition coefficient (Wildman–Crippen LogP) is -0.263. The van der Waals surface area contributed by atoms with E-state index in [1.807, 2.05) is 6.92 Å². The van der Waals surface area contributed by atoms with Gasteiger partial charge in [0.05, 0.1) is 4.90 Å². The topological polar surface area (TPSA) is 124 Å². The Morgan fingerprint density at radius 2 is 1.43 bits per heavy atom. The summed E-state index contributed by atoms with van der Waals surface area (Å²) in [5.41, 5.74) is 11.0. The first kappa shape index (κ1) is 17.1. The van der Waals surface area contributed by atoms with Crippen LogP contribution in [-0.2, 0) is 19.6 Å². The van der Waals surface area contributed by atoms with Crippen LogP contribution in [0.5, 0.6) is 0 Å². The van der Waals surface area contributed by atoms with E-state index in [0.29, 0.717) is 0 Å². The Morgan fingerprint density at radius 3 is 1.81 bits per heavy atom. The largest absolute Gasteiger partial charge is 0.370 e. The molecule has 1 aromatic carbocycles. The number of nitrogens with two attached hydrogens (primary N) is 2. The van der Waals surface area contributed by atoms with Gasteiger partial charge in [-0.2, -0.15) is 4.31 Å². The van der Waals surface area contributed by atoms with Crippen LogP contribution >= 0.6 is 0 Å². The number of hydrogen-bond acceptors (Lipinski definition) is 4. The minimum Gasteiger partial charge on any atom is -0.370 e. The lowest BCUT2D eigenvalue weighted by Gasteiger charge is -2.21. The van der Waals surface area contributed by atoms with Crippen LogP contribution in [0.3, 0.4) is 0 Å². The van der Waals surface area contributed by atoms with Crippen LogP contribution in [0.4, 0.5) is 0 Å². The third-order valence-corrected chi connectivity index (χ3v) is 4.79. The fraction of sp³-hybridized carbons (Fsp3) is 0.385. The third kappa shape index (κ3) is 5.16. The van der Waals surface area contributed by atoms with E-state index >= 15 is 0 Å². The monoisotopic (exact) mass is 313 g/mol. The van der Waals surface area contributed by atoms with Crippen molar-refractivity contribution in [2.45, 2.75) is 24.7 Å². The highest BCUT2D eigenvalue weighted by atomic mass is 32.2. The molecule has 21 heavy (non-hydrogen) atoms. The van der Waals surface area contributed by atoms with E-state index in [4.69, 9.17) is 11.5 Å². The molecule has 116 valence electrons. The molecule has 0 unspecified atom stereocenters. The molecule has 4 N–H and O–H groups in total. The highest BCUT2D eigenvalue weighted by Crippen LogP contribution is 2.17. The second-order valence-corrected chi connectivity index (χ2v) is 6.59. The van der Waals surface area contributed by atoms with Gasteiger partial charge in [0.1, 0.15) is 0 Å². The SMILES string of the molecule is Cc1ccc(S(=O)(=O)N(CCC(N)=O)CCC(N)=O)cc1. The van der Waals surface area contributed by atoms with Gasteiger partial charge in [-0.05, 0) is 19.1 Å². The van der Waals surface area contributed by atoms with Gasteiger partial charge in [-0.1, -0.05) is 17.7 Å². The van der Waals surface area contributed by atoms with Crippen molar-refractivity contribution in [3.05, 3.63) is 29.8 Å². The highest BCUT2D eigenvalue weighted by molar-refractivity contribution is 7.89. The Morgan fingerprint density at radius 1 is 1.00 bits per heavy atom. The summed E-state index contributed by atoms with van der Waals surface area (Å²) in [6, 6.07) is 6.30. The Balaban J connectivity index is 3.00. The first-order valence-corrected chi connectivity index (χ1v) is 7.81. The van der Waals surface area contributed by atoms with Crippen LogP contribution in [0.15, 0.2) is 29.2 Å². The van der Waals surface area contributed by atoms with Crippen molar-refractivity contribution in [3.63, 3.8) is 0 Å². The Kier molecular flexibility index (Phi) is 5.86. The summed E-state index contributed by atoms with van der Waals surface area (Å²) in [5.74, 6) is -1.23. The van der Waals surface area contributed by atoms with Gasteiger partial charge in [-0.15, -0.1) is 0 Å². The molecule has 0 bridgehead atoms. The summed E-state index contributed by atoms with van der Waals surface area (Å²) < 4.78 is 26.0. The molecule has 0 aromatic heterocycles. The van der Waals surface area contributed by atoms with Crippen molar-refractivity contribution >= 4 is 21.8 Å². The molecule has 8 heteroatoms. The van der Waals surface area contributed by atoms with Gasteiger partial charge < -0.3 is 11.5 Å². The van der Waals surface area contributed by atoms with E-state index in [1.54, 1.807) is 12.1 Å². The molecule has 0 fully saturated rings. The van der Waals surface area contributed by atoms with E-state index in [1.165, 1.54) is 12.1 Å². The second-order valence-electron chi connectivity index (χ2n) is 4.65. The summed E-state index contributed by atoms with van der Waals surface area (Å²) in [5, 5.41) is 0. The molecule has 0 saturated heterocycles. The minimum absolute atomic E-state index is 0.0845. The van der Waals surface area contributed by atoms with Crippen LogP contribution in [0.1, 0.15) is 18.4 Å². The minimum atomic E-state index is -3.79. The number of carbonyl (C=O) groups is 2. The molecule has 1 aromatic rings. The molecule has 0 aliphatic carbocycles. The molecule has 0 spiro atoms. The number of benzene rings is 1. The predicted molar refractivity (Wildman–Crippen MR) is 77.6 cm³/mol. The Labute approximate surface area is 124 Å². The average molecular weight is 313 g/mol. The number of primary amides is 2. The molecule has 1 rings (SSSR count). The molecule has 0 saturated carbocycles. The van der Waals surface area contributed by atoms with Crippen LogP contribution in [0.2, 0.25) is 0 Å². The zero-order valence-electron chi connectivity index (χ0n) is 11.8. The number of amides is 2. The smallest absolute Gasteiger partial charge is 0.243 e. The highest BCUT2D eigenvalue weighted by Gasteiger charge is 2.24. The Hall–Kier alpha value is -1.93. The maximum absolute atomic E-state index is 12.5. The first-order valence-electron chi connectivity index (χ1n) is 6.37. The molecule has 0 aliphatic heterocycles. The van der Waals surface area contributed by atoms with Crippen LogP contribution in [0, 0.1) is 6.92 Å². The van der Waals surface area contributed by atoms with Crippen LogP contribution < -0.4 is 11.5 Å². The molecule has 0 radical (unpaired) electrons. The number of aryl methyl sites for hydroxylation is 1. The van der Waals surface area contributed by atoms with Gasteiger partial charge in [0.25, 0.3) is 0 Å². The van der Waals surface area contributed by atoms with Gasteiger partial charge >= 0.3 is 0 Å². The maximum atomic E-state index is 12.5. The molecule has 0 aliphatic rings. The van der Waals surface area contributed by atoms with Gasteiger partial charge in [-0.3, -0.25) is 9.59 Å². The fourth-order valence-corrected chi connectivity index (χ4v) is 3.12. The van der Waals surface area contributed by atoms with Crippen LogP contribution in [-0.4, -0.2) is 37.6 Å². The van der Waals surface area contributed by atoms with Gasteiger partial charge in [-0.25, -0.2) is 8.42 Å². The maximum Gasteiger partial charge on any atom is 0.243 e. The number of carbonyl (C=O) groups excluding carboxylic acids is 2. The summed E-state index contributed by atoms with van der Waals surface area (Å²) >= 11 is 0. The average Bonchev–Trinajstić information content (AvgIpc) is 2.38. The zero-order valence-corrected chi connectivity index (χ0v) is 12.6. The molecule has 2 amide bonds. The molecule has 0 atom stereocenters.